The maximum Gasteiger partial charge on any atom is 0.255 e. The van der Waals surface area contributed by atoms with Crippen LogP contribution in [0.25, 0.3) is 11.3 Å². The molecule has 2 aromatic carbocycles. The van der Waals surface area contributed by atoms with Gasteiger partial charge in [0.25, 0.3) is 5.91 Å². The molecule has 0 saturated heterocycles. The summed E-state index contributed by atoms with van der Waals surface area (Å²) in [4.78, 5) is 16.9. The minimum Gasteiger partial charge on any atom is -0.449 e. The molecule has 1 aromatic heterocycles. The normalized spacial score (nSPS) is 16.0. The van der Waals surface area contributed by atoms with Gasteiger partial charge in [-0.1, -0.05) is 12.1 Å². The zero-order valence-electron chi connectivity index (χ0n) is 16.3. The van der Waals surface area contributed by atoms with Gasteiger partial charge in [0.2, 0.25) is 10.0 Å². The highest BCUT2D eigenvalue weighted by Crippen LogP contribution is 2.34. The Morgan fingerprint density at radius 3 is 2.55 bits per heavy atom. The number of hydrogen-bond donors (Lipinski definition) is 1. The number of aromatic nitrogens is 1. The van der Waals surface area contributed by atoms with E-state index in [0.29, 0.717) is 29.2 Å². The van der Waals surface area contributed by atoms with Gasteiger partial charge in [-0.3, -0.25) is 9.10 Å². The van der Waals surface area contributed by atoms with E-state index in [-0.39, 0.29) is 11.9 Å². The Morgan fingerprint density at radius 1 is 1.21 bits per heavy atom. The van der Waals surface area contributed by atoms with E-state index in [9.17, 15) is 13.2 Å². The molecule has 2 heterocycles. The molecule has 150 valence electrons. The van der Waals surface area contributed by atoms with Gasteiger partial charge in [-0.15, -0.1) is 0 Å². The summed E-state index contributed by atoms with van der Waals surface area (Å²) >= 11 is 0. The Labute approximate surface area is 169 Å². The largest absolute Gasteiger partial charge is 0.449 e. The van der Waals surface area contributed by atoms with Crippen LogP contribution in [0.5, 0.6) is 0 Å². The lowest BCUT2D eigenvalue weighted by atomic mass is 10.1. The minimum atomic E-state index is -3.35. The second-order valence-electron chi connectivity index (χ2n) is 7.24. The first-order valence-corrected chi connectivity index (χ1v) is 11.0. The Balaban J connectivity index is 1.52. The van der Waals surface area contributed by atoms with E-state index in [0.717, 1.165) is 16.8 Å². The quantitative estimate of drug-likeness (QED) is 0.708. The fraction of sp³-hybridized carbons (Fsp3) is 0.238. The van der Waals surface area contributed by atoms with Crippen molar-refractivity contribution < 1.29 is 17.6 Å². The SMILES string of the molecule is Cc1nc(-c2ccc(NC(=O)c3ccc4c(c3)CC(C)N4S(C)(=O)=O)cc2)co1. The molecule has 29 heavy (non-hydrogen) atoms. The molecule has 7 nitrogen and oxygen atoms in total. The van der Waals surface area contributed by atoms with Crippen LogP contribution in [0, 0.1) is 6.92 Å². The van der Waals surface area contributed by atoms with Gasteiger partial charge in [0.15, 0.2) is 5.89 Å². The van der Waals surface area contributed by atoms with Crippen molar-refractivity contribution in [2.45, 2.75) is 26.3 Å². The van der Waals surface area contributed by atoms with E-state index in [1.165, 1.54) is 10.6 Å². The Kier molecular flexibility index (Phi) is 4.66. The number of hydrogen-bond acceptors (Lipinski definition) is 5. The van der Waals surface area contributed by atoms with Crippen molar-refractivity contribution in [3.8, 4) is 11.3 Å². The molecule has 0 spiro atoms. The van der Waals surface area contributed by atoms with Crippen LogP contribution in [0.4, 0.5) is 11.4 Å². The summed E-state index contributed by atoms with van der Waals surface area (Å²) in [7, 11) is -3.35. The molecule has 1 aliphatic rings. The second kappa shape index (κ2) is 7.04. The molecule has 0 fully saturated rings. The molecule has 0 bridgehead atoms. The number of fused-ring (bicyclic) bond motifs is 1. The summed E-state index contributed by atoms with van der Waals surface area (Å²) in [6, 6.07) is 12.3. The molecule has 8 heteroatoms. The summed E-state index contributed by atoms with van der Waals surface area (Å²) in [5, 5.41) is 2.87. The van der Waals surface area contributed by atoms with Gasteiger partial charge in [-0.05, 0) is 49.2 Å². The molecular formula is C21H21N3O4S. The number of benzene rings is 2. The highest BCUT2D eigenvalue weighted by Gasteiger charge is 2.32. The maximum absolute atomic E-state index is 12.7. The number of oxazole rings is 1. The fourth-order valence-electron chi connectivity index (χ4n) is 3.67. The number of sulfonamides is 1. The third kappa shape index (κ3) is 3.75. The number of aryl methyl sites for hydroxylation is 1. The lowest BCUT2D eigenvalue weighted by Gasteiger charge is -2.21. The van der Waals surface area contributed by atoms with E-state index < -0.39 is 10.0 Å². The standard InChI is InChI=1S/C21H21N3O4S/c1-13-10-17-11-16(6-9-20(17)24(13)29(3,26)27)21(25)23-18-7-4-15(5-8-18)19-12-28-14(2)22-19/h4-9,11-13H,10H2,1-3H3,(H,23,25). The van der Waals surface area contributed by atoms with Gasteiger partial charge in [-0.2, -0.15) is 0 Å². The van der Waals surface area contributed by atoms with Gasteiger partial charge >= 0.3 is 0 Å². The van der Waals surface area contributed by atoms with Gasteiger partial charge < -0.3 is 9.73 Å². The van der Waals surface area contributed by atoms with Crippen molar-refractivity contribution in [2.24, 2.45) is 0 Å². The predicted octanol–water partition coefficient (Wildman–Crippen LogP) is 3.61. The summed E-state index contributed by atoms with van der Waals surface area (Å²) in [5.74, 6) is 0.348. The Morgan fingerprint density at radius 2 is 1.93 bits per heavy atom. The number of rotatable bonds is 4. The first kappa shape index (κ1) is 19.2. The molecular weight excluding hydrogens is 390 g/mol. The summed E-state index contributed by atoms with van der Waals surface area (Å²) < 4.78 is 30.7. The van der Waals surface area contributed by atoms with Crippen LogP contribution < -0.4 is 9.62 Å². The molecule has 0 aliphatic carbocycles. The van der Waals surface area contributed by atoms with Crippen LogP contribution >= 0.6 is 0 Å². The van der Waals surface area contributed by atoms with Crippen molar-refractivity contribution in [1.29, 1.82) is 0 Å². The van der Waals surface area contributed by atoms with Crippen LogP contribution in [0.2, 0.25) is 0 Å². The van der Waals surface area contributed by atoms with Crippen LogP contribution in [-0.4, -0.2) is 31.6 Å². The summed E-state index contributed by atoms with van der Waals surface area (Å²) in [6.45, 7) is 3.64. The Bertz CT molecular complexity index is 1180. The van der Waals surface area contributed by atoms with Crippen molar-refractivity contribution in [3.05, 3.63) is 65.7 Å². The van der Waals surface area contributed by atoms with Crippen molar-refractivity contribution in [1.82, 2.24) is 4.98 Å². The molecule has 1 amide bonds. The number of carbonyl (C=O) groups excluding carboxylic acids is 1. The monoisotopic (exact) mass is 411 g/mol. The van der Waals surface area contributed by atoms with Crippen LogP contribution in [0.1, 0.15) is 28.7 Å². The number of nitrogens with zero attached hydrogens (tertiary/aromatic N) is 2. The van der Waals surface area contributed by atoms with Crippen LogP contribution in [-0.2, 0) is 16.4 Å². The highest BCUT2D eigenvalue weighted by atomic mass is 32.2. The number of nitrogens with one attached hydrogen (secondary N) is 1. The molecule has 0 saturated carbocycles. The van der Waals surface area contributed by atoms with Gasteiger partial charge in [0.1, 0.15) is 12.0 Å². The van der Waals surface area contributed by atoms with E-state index in [1.54, 1.807) is 43.5 Å². The van der Waals surface area contributed by atoms with Crippen LogP contribution in [0.3, 0.4) is 0 Å². The predicted molar refractivity (Wildman–Crippen MR) is 112 cm³/mol. The molecule has 1 unspecified atom stereocenters. The summed E-state index contributed by atoms with van der Waals surface area (Å²) in [6.07, 6.45) is 3.37. The van der Waals surface area contributed by atoms with Crippen molar-refractivity contribution >= 4 is 27.3 Å². The third-order valence-electron chi connectivity index (χ3n) is 4.91. The number of carbonyl (C=O) groups is 1. The highest BCUT2D eigenvalue weighted by molar-refractivity contribution is 7.92. The topological polar surface area (TPSA) is 92.5 Å². The lowest BCUT2D eigenvalue weighted by Crippen LogP contribution is -2.34. The second-order valence-corrected chi connectivity index (χ2v) is 9.10. The first-order chi connectivity index (χ1) is 13.7. The molecule has 1 N–H and O–H groups in total. The lowest BCUT2D eigenvalue weighted by molar-refractivity contribution is 0.102. The van der Waals surface area contributed by atoms with Gasteiger partial charge in [0.05, 0.1) is 11.9 Å². The van der Waals surface area contributed by atoms with Gasteiger partial charge in [-0.25, -0.2) is 13.4 Å². The molecule has 3 aromatic rings. The third-order valence-corrected chi connectivity index (χ3v) is 6.18. The number of anilines is 2. The maximum atomic E-state index is 12.7. The zero-order valence-corrected chi connectivity index (χ0v) is 17.2. The van der Waals surface area contributed by atoms with Gasteiger partial charge in [0, 0.05) is 29.8 Å². The average Bonchev–Trinajstić information content (AvgIpc) is 3.23. The molecule has 1 atom stereocenters. The minimum absolute atomic E-state index is 0.161. The smallest absolute Gasteiger partial charge is 0.255 e. The van der Waals surface area contributed by atoms with Crippen molar-refractivity contribution in [2.75, 3.05) is 15.9 Å². The Hall–Kier alpha value is -3.13. The van der Waals surface area contributed by atoms with E-state index in [2.05, 4.69) is 10.3 Å². The average molecular weight is 411 g/mol. The van der Waals surface area contributed by atoms with E-state index in [4.69, 9.17) is 4.42 Å². The van der Waals surface area contributed by atoms with Crippen molar-refractivity contribution in [3.63, 3.8) is 0 Å². The number of amides is 1. The zero-order chi connectivity index (χ0) is 20.8. The summed E-state index contributed by atoms with van der Waals surface area (Å²) in [5.41, 5.74) is 4.28. The molecule has 1 aliphatic heterocycles. The van der Waals surface area contributed by atoms with Crippen LogP contribution in [0.15, 0.2) is 53.1 Å². The first-order valence-electron chi connectivity index (χ1n) is 9.18. The molecule has 4 rings (SSSR count). The molecule has 0 radical (unpaired) electrons. The van der Waals surface area contributed by atoms with E-state index in [1.807, 2.05) is 19.1 Å². The fourth-order valence-corrected chi connectivity index (χ4v) is 4.94. The van der Waals surface area contributed by atoms with E-state index >= 15 is 0 Å².